The smallest absolute Gasteiger partial charge is 0.220 e. The number of carbonyl (C=O) groups excluding carboxylic acids is 1. The van der Waals surface area contributed by atoms with Gasteiger partial charge in [0.25, 0.3) is 0 Å². The fraction of sp³-hybridized carbons (Fsp3) is 0.562. The Morgan fingerprint density at radius 2 is 2.30 bits per heavy atom. The van der Waals surface area contributed by atoms with E-state index in [1.807, 2.05) is 24.3 Å². The van der Waals surface area contributed by atoms with E-state index in [2.05, 4.69) is 5.32 Å². The molecule has 0 bridgehead atoms. The molecule has 1 heterocycles. The van der Waals surface area contributed by atoms with Crippen molar-refractivity contribution in [2.75, 3.05) is 18.9 Å². The van der Waals surface area contributed by atoms with Crippen molar-refractivity contribution >= 4 is 11.6 Å². The van der Waals surface area contributed by atoms with Gasteiger partial charge in [-0.05, 0) is 49.8 Å². The largest absolute Gasteiger partial charge is 0.399 e. The van der Waals surface area contributed by atoms with Crippen LogP contribution in [0.15, 0.2) is 24.3 Å². The minimum Gasteiger partial charge on any atom is -0.399 e. The molecule has 4 heteroatoms. The first-order valence-electron chi connectivity index (χ1n) is 7.47. The number of nitrogens with two attached hydrogens (primary N) is 1. The number of anilines is 1. The zero-order valence-electron chi connectivity index (χ0n) is 11.9. The number of aryl methyl sites for hydroxylation is 1. The maximum atomic E-state index is 11.8. The molecule has 1 saturated heterocycles. The number of rotatable bonds is 6. The molecule has 0 radical (unpaired) electrons. The number of benzene rings is 1. The molecular weight excluding hydrogens is 252 g/mol. The Hall–Kier alpha value is -1.55. The van der Waals surface area contributed by atoms with Gasteiger partial charge in [-0.15, -0.1) is 0 Å². The van der Waals surface area contributed by atoms with E-state index in [0.717, 1.165) is 37.1 Å². The molecule has 0 saturated carbocycles. The van der Waals surface area contributed by atoms with E-state index in [0.29, 0.717) is 19.1 Å². The van der Waals surface area contributed by atoms with Crippen LogP contribution in [0.5, 0.6) is 0 Å². The highest BCUT2D eigenvalue weighted by Gasteiger charge is 2.13. The van der Waals surface area contributed by atoms with Crippen molar-refractivity contribution in [3.05, 3.63) is 29.8 Å². The molecule has 1 aliphatic rings. The van der Waals surface area contributed by atoms with Gasteiger partial charge in [-0.25, -0.2) is 0 Å². The van der Waals surface area contributed by atoms with Crippen molar-refractivity contribution in [2.24, 2.45) is 0 Å². The second-order valence-corrected chi connectivity index (χ2v) is 5.37. The second-order valence-electron chi connectivity index (χ2n) is 5.37. The van der Waals surface area contributed by atoms with Crippen molar-refractivity contribution < 1.29 is 9.53 Å². The molecule has 1 aromatic rings. The normalized spacial score (nSPS) is 18.7. The lowest BCUT2D eigenvalue weighted by molar-refractivity contribution is -0.121. The van der Waals surface area contributed by atoms with E-state index in [-0.39, 0.29) is 5.91 Å². The minimum absolute atomic E-state index is 0.100. The number of hydrogen-bond acceptors (Lipinski definition) is 3. The van der Waals surface area contributed by atoms with Gasteiger partial charge in [-0.3, -0.25) is 4.79 Å². The Bertz CT molecular complexity index is 428. The lowest BCUT2D eigenvalue weighted by Gasteiger charge is -2.22. The van der Waals surface area contributed by atoms with Gasteiger partial charge in [-0.2, -0.15) is 0 Å². The van der Waals surface area contributed by atoms with Crippen LogP contribution in [0.25, 0.3) is 0 Å². The molecule has 2 rings (SSSR count). The molecule has 1 fully saturated rings. The number of carbonyl (C=O) groups is 1. The highest BCUT2D eigenvalue weighted by molar-refractivity contribution is 5.76. The summed E-state index contributed by atoms with van der Waals surface area (Å²) in [6.45, 7) is 1.58. The van der Waals surface area contributed by atoms with Crippen LogP contribution in [0, 0.1) is 0 Å². The minimum atomic E-state index is 0.100. The van der Waals surface area contributed by atoms with Crippen molar-refractivity contribution in [3.8, 4) is 0 Å². The Kier molecular flexibility index (Phi) is 5.87. The summed E-state index contributed by atoms with van der Waals surface area (Å²) in [5.41, 5.74) is 7.57. The van der Waals surface area contributed by atoms with Crippen LogP contribution >= 0.6 is 0 Å². The zero-order chi connectivity index (χ0) is 14.2. The predicted octanol–water partition coefficient (Wildman–Crippen LogP) is 2.28. The number of nitrogens with one attached hydrogen (secondary N) is 1. The number of nitrogen functional groups attached to an aromatic ring is 1. The first kappa shape index (κ1) is 14.9. The van der Waals surface area contributed by atoms with E-state index in [4.69, 9.17) is 10.5 Å². The first-order valence-corrected chi connectivity index (χ1v) is 7.47. The third kappa shape index (κ3) is 5.21. The van der Waals surface area contributed by atoms with Crippen LogP contribution in [0.3, 0.4) is 0 Å². The average molecular weight is 276 g/mol. The third-order valence-electron chi connectivity index (χ3n) is 3.65. The van der Waals surface area contributed by atoms with Gasteiger partial charge in [0.05, 0.1) is 6.10 Å². The fourth-order valence-corrected chi connectivity index (χ4v) is 2.50. The third-order valence-corrected chi connectivity index (χ3v) is 3.65. The van der Waals surface area contributed by atoms with Crippen LogP contribution in [-0.2, 0) is 16.0 Å². The number of hydrogen-bond donors (Lipinski definition) is 2. The monoisotopic (exact) mass is 276 g/mol. The molecule has 110 valence electrons. The van der Waals surface area contributed by atoms with Gasteiger partial charge in [0.2, 0.25) is 5.91 Å². The first-order chi connectivity index (χ1) is 9.74. The fourth-order valence-electron chi connectivity index (χ4n) is 2.50. The van der Waals surface area contributed by atoms with Crippen LogP contribution in [0.2, 0.25) is 0 Å². The Morgan fingerprint density at radius 3 is 3.05 bits per heavy atom. The Morgan fingerprint density at radius 1 is 1.40 bits per heavy atom. The lowest BCUT2D eigenvalue weighted by atomic mass is 10.1. The van der Waals surface area contributed by atoms with Crippen LogP contribution in [0.4, 0.5) is 5.69 Å². The average Bonchev–Trinajstić information content (AvgIpc) is 2.46. The molecule has 1 aliphatic heterocycles. The van der Waals surface area contributed by atoms with E-state index in [9.17, 15) is 4.79 Å². The summed E-state index contributed by atoms with van der Waals surface area (Å²) < 4.78 is 5.64. The van der Waals surface area contributed by atoms with Crippen molar-refractivity contribution in [1.29, 1.82) is 0 Å². The molecule has 4 nitrogen and oxygen atoms in total. The zero-order valence-corrected chi connectivity index (χ0v) is 11.9. The van der Waals surface area contributed by atoms with E-state index in [1.54, 1.807) is 0 Å². The molecule has 1 unspecified atom stereocenters. The summed E-state index contributed by atoms with van der Waals surface area (Å²) in [5.74, 6) is 0.100. The maximum absolute atomic E-state index is 11.8. The SMILES string of the molecule is Nc1cccc(CCC(=O)NCCC2CCCCO2)c1. The van der Waals surface area contributed by atoms with Crippen molar-refractivity contribution in [1.82, 2.24) is 5.32 Å². The van der Waals surface area contributed by atoms with Crippen LogP contribution in [0.1, 0.15) is 37.7 Å². The maximum Gasteiger partial charge on any atom is 0.220 e. The standard InChI is InChI=1S/C16H24N2O2/c17-14-5-3-4-13(12-14)7-8-16(19)18-10-9-15-6-1-2-11-20-15/h3-5,12,15H,1-2,6-11,17H2,(H,18,19). The summed E-state index contributed by atoms with van der Waals surface area (Å²) in [7, 11) is 0. The van der Waals surface area contributed by atoms with Gasteiger partial charge in [0.15, 0.2) is 0 Å². The summed E-state index contributed by atoms with van der Waals surface area (Å²) in [5, 5.41) is 2.96. The highest BCUT2D eigenvalue weighted by Crippen LogP contribution is 2.14. The molecular formula is C16H24N2O2. The summed E-state index contributed by atoms with van der Waals surface area (Å²) >= 11 is 0. The van der Waals surface area contributed by atoms with Crippen molar-refractivity contribution in [2.45, 2.75) is 44.6 Å². The summed E-state index contributed by atoms with van der Waals surface area (Å²) in [6, 6.07) is 7.69. The predicted molar refractivity (Wildman–Crippen MR) is 80.4 cm³/mol. The lowest BCUT2D eigenvalue weighted by Crippen LogP contribution is -2.29. The molecule has 0 aromatic heterocycles. The second kappa shape index (κ2) is 7.90. The van der Waals surface area contributed by atoms with Gasteiger partial charge in [0.1, 0.15) is 0 Å². The molecule has 3 N–H and O–H groups in total. The number of amides is 1. The van der Waals surface area contributed by atoms with Gasteiger partial charge in [0, 0.05) is 25.3 Å². The molecule has 0 aliphatic carbocycles. The van der Waals surface area contributed by atoms with Gasteiger partial charge < -0.3 is 15.8 Å². The highest BCUT2D eigenvalue weighted by atomic mass is 16.5. The van der Waals surface area contributed by atoms with Crippen molar-refractivity contribution in [3.63, 3.8) is 0 Å². The Balaban J connectivity index is 1.60. The summed E-state index contributed by atoms with van der Waals surface area (Å²) in [4.78, 5) is 11.8. The topological polar surface area (TPSA) is 64.4 Å². The van der Waals surface area contributed by atoms with E-state index in [1.165, 1.54) is 12.8 Å². The molecule has 1 aromatic carbocycles. The van der Waals surface area contributed by atoms with E-state index >= 15 is 0 Å². The molecule has 1 atom stereocenters. The van der Waals surface area contributed by atoms with E-state index < -0.39 is 0 Å². The number of ether oxygens (including phenoxy) is 1. The Labute approximate surface area is 120 Å². The van der Waals surface area contributed by atoms with Crippen LogP contribution < -0.4 is 11.1 Å². The van der Waals surface area contributed by atoms with Crippen LogP contribution in [-0.4, -0.2) is 25.2 Å². The van der Waals surface area contributed by atoms with Gasteiger partial charge >= 0.3 is 0 Å². The molecule has 1 amide bonds. The summed E-state index contributed by atoms with van der Waals surface area (Å²) in [6.07, 6.45) is 6.03. The van der Waals surface area contributed by atoms with Gasteiger partial charge in [-0.1, -0.05) is 12.1 Å². The molecule has 20 heavy (non-hydrogen) atoms. The quantitative estimate of drug-likeness (QED) is 0.783. The molecule has 0 spiro atoms.